The normalized spacial score (nSPS) is 19.3. The van der Waals surface area contributed by atoms with Gasteiger partial charge in [0.2, 0.25) is 0 Å². The molecule has 1 aliphatic rings. The summed E-state index contributed by atoms with van der Waals surface area (Å²) in [5.74, 6) is -0.117. The summed E-state index contributed by atoms with van der Waals surface area (Å²) in [6, 6.07) is 7.87. The van der Waals surface area contributed by atoms with Gasteiger partial charge in [-0.3, -0.25) is 0 Å². The number of benzene rings is 1. The molecular weight excluding hydrogens is 240 g/mol. The molecule has 104 valence electrons. The molecule has 0 bridgehead atoms. The highest BCUT2D eigenvalue weighted by atomic mass is 16.5. The summed E-state index contributed by atoms with van der Waals surface area (Å²) in [6.07, 6.45) is 3.04. The molecule has 0 saturated carbocycles. The molecule has 19 heavy (non-hydrogen) atoms. The maximum absolute atomic E-state index is 12.1. The molecule has 1 aromatic rings. The third-order valence-corrected chi connectivity index (χ3v) is 3.58. The van der Waals surface area contributed by atoms with Crippen molar-refractivity contribution in [3.05, 3.63) is 29.8 Å². The third kappa shape index (κ3) is 3.07. The Bertz CT molecular complexity index is 434. The third-order valence-electron chi connectivity index (χ3n) is 3.58. The average Bonchev–Trinajstić information content (AvgIpc) is 2.47. The number of rotatable bonds is 4. The monoisotopic (exact) mass is 262 g/mol. The smallest absolute Gasteiger partial charge is 0.328 e. The predicted molar refractivity (Wildman–Crippen MR) is 76.0 cm³/mol. The maximum atomic E-state index is 12.1. The van der Waals surface area contributed by atoms with Crippen LogP contribution in [0.15, 0.2) is 24.3 Å². The van der Waals surface area contributed by atoms with Gasteiger partial charge in [-0.05, 0) is 37.8 Å². The number of carbonyl (C=O) groups is 1. The van der Waals surface area contributed by atoms with Crippen molar-refractivity contribution < 1.29 is 9.53 Å². The Balaban J connectivity index is 2.26. The molecular formula is C15H22N2O2. The highest BCUT2D eigenvalue weighted by Gasteiger charge is 2.30. The zero-order valence-corrected chi connectivity index (χ0v) is 11.5. The first kappa shape index (κ1) is 13.9. The fourth-order valence-electron chi connectivity index (χ4n) is 2.67. The van der Waals surface area contributed by atoms with Gasteiger partial charge >= 0.3 is 5.97 Å². The van der Waals surface area contributed by atoms with Crippen LogP contribution < -0.4 is 10.6 Å². The van der Waals surface area contributed by atoms with Crippen molar-refractivity contribution in [3.63, 3.8) is 0 Å². The second-order valence-electron chi connectivity index (χ2n) is 4.79. The summed E-state index contributed by atoms with van der Waals surface area (Å²) < 4.78 is 5.19. The van der Waals surface area contributed by atoms with Crippen LogP contribution in [0.5, 0.6) is 0 Å². The predicted octanol–water partition coefficient (Wildman–Crippen LogP) is 2.07. The number of nitrogens with zero attached hydrogens (tertiary/aromatic N) is 1. The molecule has 1 aliphatic heterocycles. The van der Waals surface area contributed by atoms with Crippen LogP contribution in [0.3, 0.4) is 0 Å². The number of ether oxygens (including phenoxy) is 1. The van der Waals surface area contributed by atoms with Crippen LogP contribution in [0, 0.1) is 0 Å². The van der Waals surface area contributed by atoms with Gasteiger partial charge in [0, 0.05) is 18.8 Å². The number of hydrogen-bond donors (Lipinski definition) is 1. The first-order valence-electron chi connectivity index (χ1n) is 6.99. The molecule has 0 spiro atoms. The van der Waals surface area contributed by atoms with Crippen LogP contribution in [-0.2, 0) is 16.1 Å². The number of carbonyl (C=O) groups excluding carboxylic acids is 1. The number of anilines is 1. The lowest BCUT2D eigenvalue weighted by Gasteiger charge is -2.36. The zero-order chi connectivity index (χ0) is 13.7. The van der Waals surface area contributed by atoms with Crippen molar-refractivity contribution >= 4 is 11.7 Å². The summed E-state index contributed by atoms with van der Waals surface area (Å²) in [5.41, 5.74) is 7.95. The summed E-state index contributed by atoms with van der Waals surface area (Å²) in [6.45, 7) is 3.66. The topological polar surface area (TPSA) is 55.6 Å². The first-order chi connectivity index (χ1) is 9.27. The van der Waals surface area contributed by atoms with Gasteiger partial charge in [0.25, 0.3) is 0 Å². The van der Waals surface area contributed by atoms with Gasteiger partial charge in [-0.15, -0.1) is 0 Å². The number of nitrogens with two attached hydrogens (primary N) is 1. The number of esters is 1. The van der Waals surface area contributed by atoms with Crippen molar-refractivity contribution in [1.82, 2.24) is 0 Å². The number of para-hydroxylation sites is 1. The highest BCUT2D eigenvalue weighted by molar-refractivity contribution is 5.80. The SMILES string of the molecule is CCOC(=O)[C@H]1CCCCN1c1ccccc1CN. The van der Waals surface area contributed by atoms with Gasteiger partial charge in [-0.1, -0.05) is 18.2 Å². The Hall–Kier alpha value is -1.55. The average molecular weight is 262 g/mol. The molecule has 1 fully saturated rings. The van der Waals surface area contributed by atoms with Crippen molar-refractivity contribution in [2.24, 2.45) is 5.73 Å². The molecule has 1 heterocycles. The van der Waals surface area contributed by atoms with Gasteiger partial charge in [0.1, 0.15) is 6.04 Å². The molecule has 4 nitrogen and oxygen atoms in total. The second kappa shape index (κ2) is 6.57. The van der Waals surface area contributed by atoms with Gasteiger partial charge in [-0.2, -0.15) is 0 Å². The van der Waals surface area contributed by atoms with Crippen molar-refractivity contribution in [2.45, 2.75) is 38.8 Å². The molecule has 2 N–H and O–H groups in total. The van der Waals surface area contributed by atoms with Gasteiger partial charge in [-0.25, -0.2) is 4.79 Å². The van der Waals surface area contributed by atoms with E-state index in [2.05, 4.69) is 4.90 Å². The van der Waals surface area contributed by atoms with E-state index in [9.17, 15) is 4.79 Å². The van der Waals surface area contributed by atoms with E-state index in [1.165, 1.54) is 0 Å². The molecule has 1 aromatic carbocycles. The fraction of sp³-hybridized carbons (Fsp3) is 0.533. The second-order valence-corrected chi connectivity index (χ2v) is 4.79. The van der Waals surface area contributed by atoms with Crippen LogP contribution in [0.25, 0.3) is 0 Å². The zero-order valence-electron chi connectivity index (χ0n) is 11.5. The molecule has 2 rings (SSSR count). The molecule has 0 unspecified atom stereocenters. The molecule has 0 aliphatic carbocycles. The largest absolute Gasteiger partial charge is 0.464 e. The van der Waals surface area contributed by atoms with Crippen molar-refractivity contribution in [2.75, 3.05) is 18.1 Å². The Morgan fingerprint density at radius 2 is 2.21 bits per heavy atom. The fourth-order valence-corrected chi connectivity index (χ4v) is 2.67. The minimum absolute atomic E-state index is 0.117. The lowest BCUT2D eigenvalue weighted by Crippen LogP contribution is -2.46. The minimum Gasteiger partial charge on any atom is -0.464 e. The Morgan fingerprint density at radius 1 is 1.42 bits per heavy atom. The van der Waals surface area contributed by atoms with E-state index >= 15 is 0 Å². The quantitative estimate of drug-likeness (QED) is 0.844. The highest BCUT2D eigenvalue weighted by Crippen LogP contribution is 2.28. The lowest BCUT2D eigenvalue weighted by molar-refractivity contribution is -0.145. The first-order valence-corrected chi connectivity index (χ1v) is 6.99. The molecule has 1 atom stereocenters. The van der Waals surface area contributed by atoms with Crippen LogP contribution >= 0.6 is 0 Å². The van der Waals surface area contributed by atoms with Gasteiger partial charge in [0.05, 0.1) is 6.61 Å². The maximum Gasteiger partial charge on any atom is 0.328 e. The molecule has 0 aromatic heterocycles. The van der Waals surface area contributed by atoms with Gasteiger partial charge < -0.3 is 15.4 Å². The number of hydrogen-bond acceptors (Lipinski definition) is 4. The molecule has 4 heteroatoms. The van der Waals surface area contributed by atoms with Crippen LogP contribution in [0.4, 0.5) is 5.69 Å². The molecule has 0 amide bonds. The Labute approximate surface area is 114 Å². The Morgan fingerprint density at radius 3 is 2.95 bits per heavy atom. The van der Waals surface area contributed by atoms with Crippen LogP contribution in [-0.4, -0.2) is 25.2 Å². The van der Waals surface area contributed by atoms with E-state index < -0.39 is 0 Å². The van der Waals surface area contributed by atoms with Crippen LogP contribution in [0.1, 0.15) is 31.7 Å². The van der Waals surface area contributed by atoms with E-state index in [-0.39, 0.29) is 12.0 Å². The number of piperidine rings is 1. The van der Waals surface area contributed by atoms with E-state index in [1.807, 2.05) is 31.2 Å². The Kier molecular flexibility index (Phi) is 4.80. The minimum atomic E-state index is -0.165. The molecule has 0 radical (unpaired) electrons. The van der Waals surface area contributed by atoms with E-state index in [0.717, 1.165) is 37.1 Å². The van der Waals surface area contributed by atoms with Crippen molar-refractivity contribution in [3.8, 4) is 0 Å². The molecule has 1 saturated heterocycles. The van der Waals surface area contributed by atoms with Crippen LogP contribution in [0.2, 0.25) is 0 Å². The summed E-state index contributed by atoms with van der Waals surface area (Å²) >= 11 is 0. The van der Waals surface area contributed by atoms with Crippen molar-refractivity contribution in [1.29, 1.82) is 0 Å². The summed E-state index contributed by atoms with van der Waals surface area (Å²) in [5, 5.41) is 0. The summed E-state index contributed by atoms with van der Waals surface area (Å²) in [7, 11) is 0. The summed E-state index contributed by atoms with van der Waals surface area (Å²) in [4.78, 5) is 14.2. The van der Waals surface area contributed by atoms with E-state index in [0.29, 0.717) is 13.2 Å². The lowest BCUT2D eigenvalue weighted by atomic mass is 9.99. The van der Waals surface area contributed by atoms with Gasteiger partial charge in [0.15, 0.2) is 0 Å². The van der Waals surface area contributed by atoms with E-state index in [4.69, 9.17) is 10.5 Å². The standard InChI is InChI=1S/C15H22N2O2/c1-2-19-15(18)14-9-5-6-10-17(14)13-8-4-3-7-12(13)11-16/h3-4,7-8,14H,2,5-6,9-11,16H2,1H3/t14-/m1/s1. The van der Waals surface area contributed by atoms with E-state index in [1.54, 1.807) is 0 Å².